The lowest BCUT2D eigenvalue weighted by molar-refractivity contribution is -0.264. The van der Waals surface area contributed by atoms with Gasteiger partial charge in [-0.3, -0.25) is 0 Å². The van der Waals surface area contributed by atoms with Crippen LogP contribution >= 0.6 is 0 Å². The molecule has 6 N–H and O–H groups in total. The fourth-order valence-electron chi connectivity index (χ4n) is 10.2. The van der Waals surface area contributed by atoms with Crippen LogP contribution < -0.4 is 0 Å². The van der Waals surface area contributed by atoms with Gasteiger partial charge in [0.25, 0.3) is 0 Å². The lowest BCUT2D eigenvalue weighted by Crippen LogP contribution is -2.68. The molecule has 35 heavy (non-hydrogen) atoms. The first-order valence-electron chi connectivity index (χ1n) is 14.4. The van der Waals surface area contributed by atoms with E-state index >= 15 is 0 Å². The Balaban J connectivity index is 1.61. The number of aliphatic hydroxyl groups excluding tert-OH is 5. The molecule has 0 aromatic carbocycles. The Bertz CT molecular complexity index is 747. The van der Waals surface area contributed by atoms with E-state index in [-0.39, 0.29) is 48.0 Å². The minimum absolute atomic E-state index is 0.0430. The van der Waals surface area contributed by atoms with Gasteiger partial charge < -0.3 is 30.6 Å². The van der Waals surface area contributed by atoms with Crippen molar-refractivity contribution in [1.82, 2.24) is 0 Å². The average molecular weight is 497 g/mol. The first kappa shape index (κ1) is 27.8. The molecule has 0 aliphatic heterocycles. The van der Waals surface area contributed by atoms with E-state index in [4.69, 9.17) is 0 Å². The van der Waals surface area contributed by atoms with Crippen LogP contribution in [0.3, 0.4) is 0 Å². The zero-order valence-electron chi connectivity index (χ0n) is 22.6. The summed E-state index contributed by atoms with van der Waals surface area (Å²) in [5, 5.41) is 66.4. The van der Waals surface area contributed by atoms with Crippen molar-refractivity contribution in [2.45, 2.75) is 122 Å². The zero-order valence-corrected chi connectivity index (χ0v) is 22.6. The summed E-state index contributed by atoms with van der Waals surface area (Å²) in [4.78, 5) is 0. The SMILES string of the molecule is CC[C@H](CC[C@@H](C)[C@H]1C(O)C(O)[C@@H]2[C@]1(C)CC[C@H]1[C@@]2(O)CC(O)C2CC(O)CC[C@@]21C)C(C)CO. The minimum atomic E-state index is -1.23. The second-order valence-corrected chi connectivity index (χ2v) is 13.8. The van der Waals surface area contributed by atoms with Gasteiger partial charge in [0.2, 0.25) is 0 Å². The first-order valence-corrected chi connectivity index (χ1v) is 14.4. The fraction of sp³-hybridized carbons (Fsp3) is 1.00. The standard InChI is InChI=1S/C29H52O6/c1-6-18(17(3)15-30)8-7-16(2)23-24(33)25(34)26-28(23,5)12-10-22-27(4)11-9-19(31)13-20(27)21(32)14-29(22,26)35/h16-26,30-35H,6-15H2,1-5H3/t16-,17?,18-,19?,20?,21?,22-,23+,24?,25?,26-,27+,28-,29+/m1/s1. The molecule has 4 aliphatic carbocycles. The number of rotatable bonds is 7. The molecule has 4 saturated carbocycles. The summed E-state index contributed by atoms with van der Waals surface area (Å²) in [6.07, 6.45) is 3.79. The average Bonchev–Trinajstić information content (AvgIpc) is 3.00. The van der Waals surface area contributed by atoms with Crippen molar-refractivity contribution in [2.24, 2.45) is 52.3 Å². The van der Waals surface area contributed by atoms with E-state index in [2.05, 4.69) is 34.6 Å². The van der Waals surface area contributed by atoms with Crippen LogP contribution in [-0.2, 0) is 0 Å². The van der Waals surface area contributed by atoms with Gasteiger partial charge in [0.15, 0.2) is 0 Å². The summed E-state index contributed by atoms with van der Waals surface area (Å²) >= 11 is 0. The minimum Gasteiger partial charge on any atom is -0.396 e. The highest BCUT2D eigenvalue weighted by molar-refractivity contribution is 5.21. The van der Waals surface area contributed by atoms with Gasteiger partial charge in [-0.05, 0) is 84.9 Å². The van der Waals surface area contributed by atoms with Gasteiger partial charge >= 0.3 is 0 Å². The number of fused-ring (bicyclic) bond motifs is 5. The number of aliphatic hydroxyl groups is 6. The highest BCUT2D eigenvalue weighted by Crippen LogP contribution is 2.69. The largest absolute Gasteiger partial charge is 0.396 e. The fourth-order valence-corrected chi connectivity index (χ4v) is 10.2. The normalized spacial score (nSPS) is 52.2. The van der Waals surface area contributed by atoms with E-state index in [1.54, 1.807) is 0 Å². The maximum Gasteiger partial charge on any atom is 0.0863 e. The van der Waals surface area contributed by atoms with E-state index in [1.165, 1.54) is 0 Å². The molecule has 0 heterocycles. The smallest absolute Gasteiger partial charge is 0.0863 e. The predicted octanol–water partition coefficient (Wildman–Crippen LogP) is 3.10. The van der Waals surface area contributed by atoms with Gasteiger partial charge in [-0.1, -0.05) is 47.5 Å². The molecule has 6 nitrogen and oxygen atoms in total. The highest BCUT2D eigenvalue weighted by atomic mass is 16.3. The summed E-state index contributed by atoms with van der Waals surface area (Å²) < 4.78 is 0. The van der Waals surface area contributed by atoms with Crippen molar-refractivity contribution < 1.29 is 30.6 Å². The van der Waals surface area contributed by atoms with E-state index in [0.717, 1.165) is 38.5 Å². The Kier molecular flexibility index (Phi) is 7.79. The van der Waals surface area contributed by atoms with Gasteiger partial charge in [-0.25, -0.2) is 0 Å². The van der Waals surface area contributed by atoms with Crippen LogP contribution in [-0.4, -0.2) is 67.3 Å². The predicted molar refractivity (Wildman–Crippen MR) is 135 cm³/mol. The van der Waals surface area contributed by atoms with Crippen molar-refractivity contribution in [3.8, 4) is 0 Å². The first-order chi connectivity index (χ1) is 16.3. The van der Waals surface area contributed by atoms with E-state index in [9.17, 15) is 30.6 Å². The molecule has 6 unspecified atom stereocenters. The maximum atomic E-state index is 12.4. The van der Waals surface area contributed by atoms with Gasteiger partial charge in [-0.15, -0.1) is 0 Å². The second-order valence-electron chi connectivity index (χ2n) is 13.8. The molecule has 14 atom stereocenters. The molecule has 0 radical (unpaired) electrons. The molecular weight excluding hydrogens is 444 g/mol. The molecule has 0 spiro atoms. The lowest BCUT2D eigenvalue weighted by atomic mass is 9.42. The summed E-state index contributed by atoms with van der Waals surface area (Å²) in [5.74, 6) is 0.160. The van der Waals surface area contributed by atoms with E-state index < -0.39 is 41.3 Å². The lowest BCUT2D eigenvalue weighted by Gasteiger charge is -2.65. The summed E-state index contributed by atoms with van der Waals surface area (Å²) in [7, 11) is 0. The van der Waals surface area contributed by atoms with Crippen molar-refractivity contribution in [2.75, 3.05) is 6.61 Å². The number of hydrogen-bond acceptors (Lipinski definition) is 6. The van der Waals surface area contributed by atoms with Crippen LogP contribution in [0.25, 0.3) is 0 Å². The summed E-state index contributed by atoms with van der Waals surface area (Å²) in [5.41, 5.74) is -1.92. The van der Waals surface area contributed by atoms with Crippen LogP contribution in [0.5, 0.6) is 0 Å². The highest BCUT2D eigenvalue weighted by Gasteiger charge is 2.72. The monoisotopic (exact) mass is 496 g/mol. The quantitative estimate of drug-likeness (QED) is 0.322. The third kappa shape index (κ3) is 4.23. The van der Waals surface area contributed by atoms with Gasteiger partial charge in [-0.2, -0.15) is 0 Å². The molecule has 4 fully saturated rings. The van der Waals surface area contributed by atoms with Crippen LogP contribution in [0.4, 0.5) is 0 Å². The second kappa shape index (κ2) is 9.81. The molecule has 4 aliphatic rings. The molecule has 0 bridgehead atoms. The molecule has 0 amide bonds. The zero-order chi connectivity index (χ0) is 25.9. The van der Waals surface area contributed by atoms with E-state index in [0.29, 0.717) is 18.8 Å². The van der Waals surface area contributed by atoms with Gasteiger partial charge in [0.05, 0.1) is 30.0 Å². The molecular formula is C29H52O6. The Morgan fingerprint density at radius 1 is 0.914 bits per heavy atom. The third-order valence-corrected chi connectivity index (χ3v) is 12.1. The third-order valence-electron chi connectivity index (χ3n) is 12.1. The molecule has 4 rings (SSSR count). The molecule has 6 heteroatoms. The Morgan fingerprint density at radius 3 is 2.20 bits per heavy atom. The van der Waals surface area contributed by atoms with Crippen molar-refractivity contribution >= 4 is 0 Å². The van der Waals surface area contributed by atoms with Crippen LogP contribution in [0, 0.1) is 52.3 Å². The Morgan fingerprint density at radius 2 is 1.57 bits per heavy atom. The summed E-state index contributed by atoms with van der Waals surface area (Å²) in [6.45, 7) is 11.0. The van der Waals surface area contributed by atoms with Crippen LogP contribution in [0.2, 0.25) is 0 Å². The molecule has 0 aromatic heterocycles. The Hall–Kier alpha value is -0.240. The van der Waals surface area contributed by atoms with Crippen molar-refractivity contribution in [1.29, 1.82) is 0 Å². The van der Waals surface area contributed by atoms with Gasteiger partial charge in [0.1, 0.15) is 0 Å². The number of hydrogen-bond donors (Lipinski definition) is 6. The molecule has 0 saturated heterocycles. The topological polar surface area (TPSA) is 121 Å². The van der Waals surface area contributed by atoms with Crippen LogP contribution in [0.1, 0.15) is 92.4 Å². The Labute approximate surface area is 212 Å². The van der Waals surface area contributed by atoms with Crippen LogP contribution in [0.15, 0.2) is 0 Å². The van der Waals surface area contributed by atoms with E-state index in [1.807, 2.05) is 0 Å². The summed E-state index contributed by atoms with van der Waals surface area (Å²) in [6, 6.07) is 0. The van der Waals surface area contributed by atoms with Gasteiger partial charge in [0, 0.05) is 18.9 Å². The van der Waals surface area contributed by atoms with Crippen molar-refractivity contribution in [3.05, 3.63) is 0 Å². The maximum absolute atomic E-state index is 12.4. The van der Waals surface area contributed by atoms with Crippen molar-refractivity contribution in [3.63, 3.8) is 0 Å². The molecule has 0 aromatic rings. The molecule has 204 valence electrons.